The first kappa shape index (κ1) is 17.2. The van der Waals surface area contributed by atoms with Crippen LogP contribution in [-0.2, 0) is 10.0 Å². The Labute approximate surface area is 145 Å². The summed E-state index contributed by atoms with van der Waals surface area (Å²) in [6.07, 6.45) is 2.84. The van der Waals surface area contributed by atoms with Gasteiger partial charge in [0.1, 0.15) is 11.2 Å². The van der Waals surface area contributed by atoms with Crippen molar-refractivity contribution < 1.29 is 23.1 Å². The van der Waals surface area contributed by atoms with Gasteiger partial charge in [-0.2, -0.15) is 0 Å². The average Bonchev–Trinajstić information content (AvgIpc) is 3.31. The van der Waals surface area contributed by atoms with E-state index in [1.165, 1.54) is 12.1 Å². The molecule has 1 aromatic heterocycles. The van der Waals surface area contributed by atoms with E-state index < -0.39 is 37.4 Å². The lowest BCUT2D eigenvalue weighted by molar-refractivity contribution is 0.0692. The van der Waals surface area contributed by atoms with Crippen LogP contribution in [0.2, 0.25) is 0 Å². The lowest BCUT2D eigenvalue weighted by atomic mass is 10.1. The molecule has 0 atom stereocenters. The minimum absolute atomic E-state index is 0.199. The number of carbonyl (C=O) groups is 2. The molecule has 12 heteroatoms. The van der Waals surface area contributed by atoms with E-state index in [9.17, 15) is 27.9 Å². The average molecular weight is 384 g/mol. The number of carboxylic acid groups (broad SMARTS) is 1. The van der Waals surface area contributed by atoms with Crippen LogP contribution in [-0.4, -0.2) is 38.9 Å². The van der Waals surface area contributed by atoms with E-state index in [1.54, 1.807) is 10.8 Å². The highest BCUT2D eigenvalue weighted by atomic mass is 32.2. The highest BCUT2D eigenvalue weighted by Crippen LogP contribution is 2.41. The molecule has 1 saturated carbocycles. The summed E-state index contributed by atoms with van der Waals surface area (Å²) in [5.74, 6) is -1.23. The molecule has 1 fully saturated rings. The molecule has 1 aliphatic rings. The minimum Gasteiger partial charge on any atom is -0.478 e. The topological polar surface area (TPSA) is 151 Å². The molecule has 1 heterocycles. The summed E-state index contributed by atoms with van der Waals surface area (Å²) in [4.78, 5) is 36.2. The summed E-state index contributed by atoms with van der Waals surface area (Å²) in [5, 5.41) is 11.6. The van der Waals surface area contributed by atoms with E-state index in [0.717, 1.165) is 19.2 Å². The zero-order valence-corrected chi connectivity index (χ0v) is 14.1. The van der Waals surface area contributed by atoms with Gasteiger partial charge in [-0.1, -0.05) is 6.07 Å². The first-order valence-electron chi connectivity index (χ1n) is 7.03. The van der Waals surface area contributed by atoms with Crippen LogP contribution in [0, 0.1) is 0 Å². The zero-order chi connectivity index (χ0) is 18.2. The molecule has 1 aliphatic carbocycles. The number of H-pyrrole nitrogens is 1. The summed E-state index contributed by atoms with van der Waals surface area (Å²) in [6.45, 7) is 0. The number of amides is 1. The number of hydrogen-bond donors (Lipinski definition) is 3. The van der Waals surface area contributed by atoms with E-state index in [0.29, 0.717) is 9.65 Å². The Bertz CT molecular complexity index is 1010. The van der Waals surface area contributed by atoms with Crippen molar-refractivity contribution in [3.63, 3.8) is 0 Å². The zero-order valence-electron chi connectivity index (χ0n) is 12.5. The van der Waals surface area contributed by atoms with Gasteiger partial charge in [0.05, 0.1) is 17.5 Å². The fourth-order valence-electron chi connectivity index (χ4n) is 2.18. The molecule has 0 bridgehead atoms. The molecule has 1 amide bonds. The SMILES string of the molecule is O=C(NS(=O)(=O)c1cc(C2CC2)ccc1C(=O)O)Sn1nc[nH]c1=O. The summed E-state index contributed by atoms with van der Waals surface area (Å²) in [5.41, 5.74) is -0.444. The third-order valence-corrected chi connectivity index (χ3v) is 5.69. The Hall–Kier alpha value is -2.60. The highest BCUT2D eigenvalue weighted by Gasteiger charge is 2.29. The summed E-state index contributed by atoms with van der Waals surface area (Å²) in [7, 11) is -4.43. The highest BCUT2D eigenvalue weighted by molar-refractivity contribution is 8.13. The molecule has 1 aromatic carbocycles. The number of aromatic nitrogens is 3. The first-order valence-corrected chi connectivity index (χ1v) is 9.28. The van der Waals surface area contributed by atoms with Crippen LogP contribution in [0.3, 0.4) is 0 Å². The van der Waals surface area contributed by atoms with E-state index in [4.69, 9.17) is 0 Å². The first-order chi connectivity index (χ1) is 11.8. The van der Waals surface area contributed by atoms with Gasteiger partial charge in [-0.25, -0.2) is 22.7 Å². The van der Waals surface area contributed by atoms with Crippen molar-refractivity contribution in [2.75, 3.05) is 0 Å². The maximum Gasteiger partial charge on any atom is 0.354 e. The van der Waals surface area contributed by atoms with Crippen molar-refractivity contribution >= 4 is 33.2 Å². The smallest absolute Gasteiger partial charge is 0.354 e. The van der Waals surface area contributed by atoms with Crippen molar-refractivity contribution in [3.8, 4) is 0 Å². The fraction of sp³-hybridized carbons (Fsp3) is 0.231. The third-order valence-electron chi connectivity index (χ3n) is 3.49. The predicted molar refractivity (Wildman–Crippen MR) is 86.9 cm³/mol. The normalized spacial score (nSPS) is 14.2. The second-order valence-electron chi connectivity index (χ2n) is 5.29. The molecule has 3 N–H and O–H groups in total. The number of rotatable bonds is 5. The van der Waals surface area contributed by atoms with Crippen LogP contribution in [0.25, 0.3) is 0 Å². The van der Waals surface area contributed by atoms with Gasteiger partial charge >= 0.3 is 16.9 Å². The molecule has 2 aromatic rings. The van der Waals surface area contributed by atoms with Crippen LogP contribution in [0.4, 0.5) is 4.79 Å². The Morgan fingerprint density at radius 3 is 2.64 bits per heavy atom. The van der Waals surface area contributed by atoms with Gasteiger partial charge in [-0.05, 0) is 36.5 Å². The molecule has 0 radical (unpaired) electrons. The molecule has 0 saturated heterocycles. The van der Waals surface area contributed by atoms with Crippen LogP contribution in [0.5, 0.6) is 0 Å². The van der Waals surface area contributed by atoms with Crippen molar-refractivity contribution in [3.05, 3.63) is 46.1 Å². The minimum atomic E-state index is -4.43. The summed E-state index contributed by atoms with van der Waals surface area (Å²) >= 11 is 0.221. The van der Waals surface area contributed by atoms with Crippen molar-refractivity contribution in [1.29, 1.82) is 0 Å². The number of sulfonamides is 1. The van der Waals surface area contributed by atoms with Crippen LogP contribution < -0.4 is 10.4 Å². The van der Waals surface area contributed by atoms with E-state index in [2.05, 4.69) is 10.1 Å². The largest absolute Gasteiger partial charge is 0.478 e. The van der Waals surface area contributed by atoms with Gasteiger partial charge in [0, 0.05) is 0 Å². The number of nitrogens with one attached hydrogen (secondary N) is 2. The number of benzene rings is 1. The van der Waals surface area contributed by atoms with Gasteiger partial charge in [0.15, 0.2) is 0 Å². The lowest BCUT2D eigenvalue weighted by Crippen LogP contribution is -2.30. The van der Waals surface area contributed by atoms with Gasteiger partial charge in [0.2, 0.25) is 0 Å². The Kier molecular flexibility index (Phi) is 4.39. The molecule has 10 nitrogen and oxygen atoms in total. The standard InChI is InChI=1S/C13H12N4O6S2/c18-11(19)9-4-3-8(7-1-2-7)5-10(9)25(22,23)16-13(21)24-17-12(20)14-6-15-17/h3-7H,1-2H2,(H,16,21)(H,18,19)(H,14,15,20). The molecule has 0 spiro atoms. The molecule has 0 aliphatic heterocycles. The maximum absolute atomic E-state index is 12.5. The molecule has 25 heavy (non-hydrogen) atoms. The van der Waals surface area contributed by atoms with Gasteiger partial charge in [0.25, 0.3) is 10.0 Å². The van der Waals surface area contributed by atoms with Crippen molar-refractivity contribution in [2.24, 2.45) is 0 Å². The third kappa shape index (κ3) is 3.74. The Morgan fingerprint density at radius 1 is 1.36 bits per heavy atom. The fourth-order valence-corrected chi connectivity index (χ4v) is 4.11. The number of aromatic amines is 1. The van der Waals surface area contributed by atoms with E-state index in [1.807, 2.05) is 0 Å². The monoisotopic (exact) mass is 384 g/mol. The molecular weight excluding hydrogens is 372 g/mol. The van der Waals surface area contributed by atoms with E-state index in [-0.39, 0.29) is 17.9 Å². The quantitative estimate of drug-likeness (QED) is 0.683. The molecule has 3 rings (SSSR count). The second-order valence-corrected chi connectivity index (χ2v) is 7.84. The second kappa shape index (κ2) is 6.37. The van der Waals surface area contributed by atoms with Crippen molar-refractivity contribution in [2.45, 2.75) is 23.7 Å². The number of carbonyl (C=O) groups excluding carboxylic acids is 1. The molecular formula is C13H12N4O6S2. The van der Waals surface area contributed by atoms with Crippen LogP contribution in [0.1, 0.15) is 34.7 Å². The predicted octanol–water partition coefficient (Wildman–Crippen LogP) is 0.742. The summed E-state index contributed by atoms with van der Waals surface area (Å²) in [6, 6.07) is 4.04. The number of carboxylic acids is 1. The van der Waals surface area contributed by atoms with Crippen LogP contribution in [0.15, 0.2) is 34.2 Å². The molecule has 0 unspecified atom stereocenters. The van der Waals surface area contributed by atoms with Gasteiger partial charge < -0.3 is 5.11 Å². The Balaban J connectivity index is 1.89. The van der Waals surface area contributed by atoms with Gasteiger partial charge in [-0.15, -0.1) is 9.19 Å². The Morgan fingerprint density at radius 2 is 2.08 bits per heavy atom. The van der Waals surface area contributed by atoms with E-state index >= 15 is 0 Å². The lowest BCUT2D eigenvalue weighted by Gasteiger charge is -2.10. The summed E-state index contributed by atoms with van der Waals surface area (Å²) < 4.78 is 27.3. The van der Waals surface area contributed by atoms with Crippen LogP contribution >= 0.6 is 11.9 Å². The number of aromatic carboxylic acids is 1. The van der Waals surface area contributed by atoms with Crippen molar-refractivity contribution in [1.82, 2.24) is 18.9 Å². The molecule has 132 valence electrons. The number of hydrogen-bond acceptors (Lipinski definition) is 7. The van der Waals surface area contributed by atoms with Gasteiger partial charge in [-0.3, -0.25) is 9.78 Å². The maximum atomic E-state index is 12.5. The number of nitrogens with zero attached hydrogens (tertiary/aromatic N) is 2.